The number of carbonyl (C=O) groups is 4. The number of fused-ring (bicyclic) bond motifs is 1. The van der Waals surface area contributed by atoms with Crippen molar-refractivity contribution in [1.82, 2.24) is 20.1 Å². The first kappa shape index (κ1) is 25.5. The molecule has 3 amide bonds. The third-order valence-corrected chi connectivity index (χ3v) is 5.89. The second-order valence-corrected chi connectivity index (χ2v) is 8.24. The van der Waals surface area contributed by atoms with Crippen LogP contribution >= 0.6 is 0 Å². The number of Topliss-reactive ketones (excluding diaryl/α,β-unsaturated/α-hetero) is 1. The molecule has 37 heavy (non-hydrogen) atoms. The van der Waals surface area contributed by atoms with Crippen molar-refractivity contribution >= 4 is 40.4 Å². The van der Waals surface area contributed by atoms with Gasteiger partial charge in [0, 0.05) is 48.8 Å². The predicted octanol–water partition coefficient (Wildman–Crippen LogP) is 2.35. The summed E-state index contributed by atoms with van der Waals surface area (Å²) in [5, 5.41) is 2.50. The molecule has 4 rings (SSSR count). The number of amides is 3. The van der Waals surface area contributed by atoms with Gasteiger partial charge in [-0.15, -0.1) is 0 Å². The van der Waals surface area contributed by atoms with E-state index in [4.69, 9.17) is 4.74 Å². The second-order valence-electron chi connectivity index (χ2n) is 8.24. The van der Waals surface area contributed by atoms with Gasteiger partial charge in [-0.05, 0) is 19.1 Å². The monoisotopic (exact) mass is 507 g/mol. The number of aliphatic imine (C=N–C) groups is 1. The molecule has 1 aliphatic heterocycles. The number of carbonyl (C=O) groups excluding carboxylic acids is 4. The molecule has 0 radical (unpaired) electrons. The molecule has 0 unspecified atom stereocenters. The summed E-state index contributed by atoms with van der Waals surface area (Å²) in [7, 11) is 0. The van der Waals surface area contributed by atoms with Gasteiger partial charge in [0.1, 0.15) is 18.2 Å². The number of esters is 1. The van der Waals surface area contributed by atoms with Crippen LogP contribution in [0.2, 0.25) is 0 Å². The molecule has 2 aromatic carbocycles. The molecule has 2 heterocycles. The summed E-state index contributed by atoms with van der Waals surface area (Å²) in [5.74, 6) is -2.29. The van der Waals surface area contributed by atoms with Crippen LogP contribution in [-0.4, -0.2) is 83.6 Å². The van der Waals surface area contributed by atoms with E-state index in [1.54, 1.807) is 37.3 Å². The van der Waals surface area contributed by atoms with Crippen molar-refractivity contribution in [3.63, 3.8) is 0 Å². The van der Waals surface area contributed by atoms with Crippen LogP contribution in [-0.2, 0) is 14.3 Å². The highest BCUT2D eigenvalue weighted by atomic mass is 19.1. The van der Waals surface area contributed by atoms with Crippen molar-refractivity contribution in [3.05, 3.63) is 71.7 Å². The molecular formula is C26H26FN5O5. The first-order chi connectivity index (χ1) is 17.9. The summed E-state index contributed by atoms with van der Waals surface area (Å²) in [6, 6.07) is 12.7. The number of nitrogens with one attached hydrogen (secondary N) is 2. The largest absolute Gasteiger partial charge is 0.465 e. The average Bonchev–Trinajstić information content (AvgIpc) is 3.36. The molecule has 1 fully saturated rings. The minimum Gasteiger partial charge on any atom is -0.465 e. The van der Waals surface area contributed by atoms with E-state index in [1.165, 1.54) is 23.2 Å². The van der Waals surface area contributed by atoms with Gasteiger partial charge in [-0.1, -0.05) is 36.4 Å². The Morgan fingerprint density at radius 3 is 2.41 bits per heavy atom. The predicted molar refractivity (Wildman–Crippen MR) is 134 cm³/mol. The zero-order chi connectivity index (χ0) is 26.4. The number of aromatic nitrogens is 1. The van der Waals surface area contributed by atoms with Crippen LogP contribution in [0.4, 0.5) is 9.18 Å². The van der Waals surface area contributed by atoms with Crippen LogP contribution in [0.1, 0.15) is 22.8 Å². The van der Waals surface area contributed by atoms with Crippen LogP contribution in [0.5, 0.6) is 0 Å². The van der Waals surface area contributed by atoms with E-state index in [9.17, 15) is 23.6 Å². The van der Waals surface area contributed by atoms with Crippen molar-refractivity contribution < 1.29 is 28.3 Å². The lowest BCUT2D eigenvalue weighted by molar-refractivity contribution is -0.141. The Balaban J connectivity index is 1.45. The van der Waals surface area contributed by atoms with Gasteiger partial charge in [-0.3, -0.25) is 14.4 Å². The maximum absolute atomic E-state index is 14.3. The number of piperazine rings is 1. The Kier molecular flexibility index (Phi) is 7.92. The van der Waals surface area contributed by atoms with E-state index in [2.05, 4.69) is 15.3 Å². The first-order valence-electron chi connectivity index (χ1n) is 11.8. The Labute approximate surface area is 212 Å². The van der Waals surface area contributed by atoms with Crippen molar-refractivity contribution in [3.8, 4) is 0 Å². The number of hydrogen-bond acceptors (Lipinski definition) is 5. The molecular weight excluding hydrogens is 481 g/mol. The zero-order valence-electron chi connectivity index (χ0n) is 20.2. The molecule has 10 nitrogen and oxygen atoms in total. The number of halogens is 1. The van der Waals surface area contributed by atoms with E-state index < -0.39 is 29.5 Å². The SMILES string of the molecule is CCOC(=O)CNC(=O)N=C(c1ccccc1)N1CCN(C(=O)C(=O)c2c[nH]c3cccc(F)c23)CC1. The van der Waals surface area contributed by atoms with Gasteiger partial charge >= 0.3 is 12.0 Å². The molecule has 192 valence electrons. The molecule has 0 atom stereocenters. The van der Waals surface area contributed by atoms with Crippen molar-refractivity contribution in [2.45, 2.75) is 6.92 Å². The normalized spacial score (nSPS) is 13.9. The van der Waals surface area contributed by atoms with Crippen molar-refractivity contribution in [2.24, 2.45) is 4.99 Å². The molecule has 1 aromatic heterocycles. The van der Waals surface area contributed by atoms with Gasteiger partial charge in [0.05, 0.1) is 12.2 Å². The fraction of sp³-hybridized carbons (Fsp3) is 0.269. The Hall–Kier alpha value is -4.54. The van der Waals surface area contributed by atoms with Gasteiger partial charge in [-0.25, -0.2) is 9.18 Å². The Morgan fingerprint density at radius 2 is 1.70 bits per heavy atom. The number of amidine groups is 1. The van der Waals surface area contributed by atoms with Gasteiger partial charge in [0.2, 0.25) is 0 Å². The molecule has 0 saturated carbocycles. The van der Waals surface area contributed by atoms with Crippen LogP contribution in [0.25, 0.3) is 10.9 Å². The fourth-order valence-electron chi connectivity index (χ4n) is 4.10. The highest BCUT2D eigenvalue weighted by Crippen LogP contribution is 2.23. The Morgan fingerprint density at radius 1 is 1.00 bits per heavy atom. The summed E-state index contributed by atoms with van der Waals surface area (Å²) in [6.07, 6.45) is 1.35. The number of benzene rings is 2. The number of nitrogens with zero attached hydrogens (tertiary/aromatic N) is 3. The van der Waals surface area contributed by atoms with Crippen molar-refractivity contribution in [1.29, 1.82) is 0 Å². The minimum absolute atomic E-state index is 0.00895. The summed E-state index contributed by atoms with van der Waals surface area (Å²) in [5.41, 5.74) is 1.11. The molecule has 3 aromatic rings. The van der Waals surface area contributed by atoms with Gasteiger partial charge < -0.3 is 24.8 Å². The van der Waals surface area contributed by atoms with E-state index in [1.807, 2.05) is 11.0 Å². The quantitative estimate of drug-likeness (QED) is 0.174. The van der Waals surface area contributed by atoms with Crippen molar-refractivity contribution in [2.75, 3.05) is 39.3 Å². The summed E-state index contributed by atoms with van der Waals surface area (Å²) >= 11 is 0. The molecule has 1 aliphatic rings. The molecule has 0 spiro atoms. The zero-order valence-corrected chi connectivity index (χ0v) is 20.2. The lowest BCUT2D eigenvalue weighted by atomic mass is 10.1. The van der Waals surface area contributed by atoms with E-state index >= 15 is 0 Å². The molecule has 0 bridgehead atoms. The smallest absolute Gasteiger partial charge is 0.343 e. The topological polar surface area (TPSA) is 124 Å². The lowest BCUT2D eigenvalue weighted by Gasteiger charge is -2.36. The number of ether oxygens (including phenoxy) is 1. The number of H-pyrrole nitrogens is 1. The maximum atomic E-state index is 14.3. The molecule has 11 heteroatoms. The van der Waals surface area contributed by atoms with E-state index in [-0.39, 0.29) is 37.2 Å². The summed E-state index contributed by atoms with van der Waals surface area (Å²) in [6.45, 7) is 2.57. The molecule has 1 saturated heterocycles. The van der Waals surface area contributed by atoms with E-state index in [0.29, 0.717) is 30.0 Å². The number of urea groups is 1. The van der Waals surface area contributed by atoms with Gasteiger partial charge in [-0.2, -0.15) is 4.99 Å². The lowest BCUT2D eigenvalue weighted by Crippen LogP contribution is -2.52. The minimum atomic E-state index is -0.792. The highest BCUT2D eigenvalue weighted by molar-refractivity contribution is 6.44. The van der Waals surface area contributed by atoms with Crippen LogP contribution < -0.4 is 5.32 Å². The van der Waals surface area contributed by atoms with Crippen LogP contribution in [0, 0.1) is 5.82 Å². The summed E-state index contributed by atoms with van der Waals surface area (Å²) in [4.78, 5) is 60.1. The van der Waals surface area contributed by atoms with Crippen LogP contribution in [0.3, 0.4) is 0 Å². The number of hydrogen-bond donors (Lipinski definition) is 2. The number of ketones is 1. The van der Waals surface area contributed by atoms with E-state index in [0.717, 1.165) is 0 Å². The number of rotatable bonds is 6. The maximum Gasteiger partial charge on any atom is 0.343 e. The highest BCUT2D eigenvalue weighted by Gasteiger charge is 2.30. The fourth-order valence-corrected chi connectivity index (χ4v) is 4.10. The molecule has 2 N–H and O–H groups in total. The third kappa shape index (κ3) is 5.83. The number of aromatic amines is 1. The second kappa shape index (κ2) is 11.5. The van der Waals surface area contributed by atoms with Gasteiger partial charge in [0.25, 0.3) is 11.7 Å². The van der Waals surface area contributed by atoms with Gasteiger partial charge in [0.15, 0.2) is 0 Å². The Bertz CT molecular complexity index is 1350. The summed E-state index contributed by atoms with van der Waals surface area (Å²) < 4.78 is 19.1. The standard InChI is InChI=1S/C26H26FN5O5/c1-2-37-21(33)16-29-26(36)30-24(17-7-4-3-5-8-17)31-11-13-32(14-12-31)25(35)23(34)18-15-28-20-10-6-9-19(27)22(18)20/h3-10,15,28H,2,11-14,16H2,1H3,(H,29,36). The first-order valence-corrected chi connectivity index (χ1v) is 11.8. The van der Waals surface area contributed by atoms with Crippen LogP contribution in [0.15, 0.2) is 59.7 Å². The average molecular weight is 508 g/mol. The third-order valence-electron chi connectivity index (χ3n) is 5.89. The molecule has 0 aliphatic carbocycles.